The van der Waals surface area contributed by atoms with Crippen molar-refractivity contribution in [3.63, 3.8) is 0 Å². The Hall–Kier alpha value is -2.60. The molecule has 0 fully saturated rings. The van der Waals surface area contributed by atoms with Crippen molar-refractivity contribution in [1.29, 1.82) is 0 Å². The highest BCUT2D eigenvalue weighted by Gasteiger charge is 2.13. The highest BCUT2D eigenvalue weighted by atomic mass is 35.5. The lowest BCUT2D eigenvalue weighted by atomic mass is 10.2. The molecule has 21 heavy (non-hydrogen) atoms. The first kappa shape index (κ1) is 13.4. The zero-order chi connectivity index (χ0) is 15.0. The van der Waals surface area contributed by atoms with Crippen LogP contribution in [0.15, 0.2) is 40.9 Å². The summed E-state index contributed by atoms with van der Waals surface area (Å²) in [6.07, 6.45) is 0. The van der Waals surface area contributed by atoms with Crippen molar-refractivity contribution >= 4 is 17.3 Å². The summed E-state index contributed by atoms with van der Waals surface area (Å²) in [6, 6.07) is 8.76. The fourth-order valence-corrected chi connectivity index (χ4v) is 1.94. The lowest BCUT2D eigenvalue weighted by Crippen LogP contribution is -1.87. The van der Waals surface area contributed by atoms with E-state index in [4.69, 9.17) is 27.0 Å². The fourth-order valence-electron chi connectivity index (χ4n) is 1.76. The number of halogens is 2. The van der Waals surface area contributed by atoms with E-state index in [2.05, 4.69) is 10.1 Å². The molecule has 0 saturated heterocycles. The van der Waals surface area contributed by atoms with Crippen LogP contribution in [-0.4, -0.2) is 15.2 Å². The molecule has 0 spiro atoms. The van der Waals surface area contributed by atoms with Gasteiger partial charge in [-0.3, -0.25) is 0 Å². The van der Waals surface area contributed by atoms with Crippen molar-refractivity contribution in [2.75, 3.05) is 5.73 Å². The average molecular weight is 306 g/mol. The molecule has 0 aliphatic heterocycles. The first-order chi connectivity index (χ1) is 10.0. The standard InChI is InChI=1S/C14H9ClFN3O2/c15-9-5-8(1-3-11(9)17)14-18-13(19-21-14)7-2-4-12(20)10(16)6-7/h1-6,20H,17H2. The van der Waals surface area contributed by atoms with E-state index in [0.717, 1.165) is 6.07 Å². The molecule has 1 aromatic heterocycles. The third-order valence-corrected chi connectivity index (χ3v) is 3.21. The van der Waals surface area contributed by atoms with E-state index in [1.165, 1.54) is 12.1 Å². The highest BCUT2D eigenvalue weighted by Crippen LogP contribution is 2.28. The number of anilines is 1. The Morgan fingerprint density at radius 2 is 1.90 bits per heavy atom. The molecule has 0 atom stereocenters. The van der Waals surface area contributed by atoms with Gasteiger partial charge < -0.3 is 15.4 Å². The maximum Gasteiger partial charge on any atom is 0.258 e. The van der Waals surface area contributed by atoms with E-state index in [1.54, 1.807) is 18.2 Å². The lowest BCUT2D eigenvalue weighted by Gasteiger charge is -1.99. The minimum Gasteiger partial charge on any atom is -0.505 e. The highest BCUT2D eigenvalue weighted by molar-refractivity contribution is 6.33. The van der Waals surface area contributed by atoms with E-state index in [0.29, 0.717) is 21.8 Å². The molecule has 2 aromatic carbocycles. The Bertz CT molecular complexity index is 754. The molecule has 106 valence electrons. The van der Waals surface area contributed by atoms with Crippen molar-refractivity contribution in [2.24, 2.45) is 0 Å². The Morgan fingerprint density at radius 3 is 2.62 bits per heavy atom. The molecular formula is C14H9ClFN3O2. The van der Waals surface area contributed by atoms with E-state index in [-0.39, 0.29) is 11.7 Å². The molecule has 7 heteroatoms. The van der Waals surface area contributed by atoms with Gasteiger partial charge in [-0.25, -0.2) is 4.39 Å². The van der Waals surface area contributed by atoms with Gasteiger partial charge in [0.25, 0.3) is 5.89 Å². The normalized spacial score (nSPS) is 10.8. The molecule has 1 heterocycles. The van der Waals surface area contributed by atoms with Gasteiger partial charge >= 0.3 is 0 Å². The summed E-state index contributed by atoms with van der Waals surface area (Å²) in [5.74, 6) is -0.751. The van der Waals surface area contributed by atoms with Crippen LogP contribution in [0.2, 0.25) is 5.02 Å². The van der Waals surface area contributed by atoms with Crippen LogP contribution in [0.4, 0.5) is 10.1 Å². The van der Waals surface area contributed by atoms with Gasteiger partial charge in [0, 0.05) is 11.1 Å². The van der Waals surface area contributed by atoms with Crippen molar-refractivity contribution in [3.05, 3.63) is 47.2 Å². The molecule has 3 N–H and O–H groups in total. The van der Waals surface area contributed by atoms with Crippen LogP contribution in [0.1, 0.15) is 0 Å². The minimum atomic E-state index is -0.755. The number of nitrogens with two attached hydrogens (primary N) is 1. The molecule has 0 amide bonds. The number of nitrogen functional groups attached to an aromatic ring is 1. The zero-order valence-electron chi connectivity index (χ0n) is 10.5. The van der Waals surface area contributed by atoms with Gasteiger partial charge in [-0.1, -0.05) is 16.8 Å². The van der Waals surface area contributed by atoms with Crippen molar-refractivity contribution < 1.29 is 14.0 Å². The summed E-state index contributed by atoms with van der Waals surface area (Å²) in [5, 5.41) is 13.3. The number of phenolic OH excluding ortho intramolecular Hbond substituents is 1. The van der Waals surface area contributed by atoms with Crippen molar-refractivity contribution in [1.82, 2.24) is 10.1 Å². The number of aromatic hydroxyl groups is 1. The van der Waals surface area contributed by atoms with Gasteiger partial charge in [0.05, 0.1) is 10.7 Å². The number of rotatable bonds is 2. The van der Waals surface area contributed by atoms with Gasteiger partial charge in [0.2, 0.25) is 5.82 Å². The molecule has 0 bridgehead atoms. The predicted octanol–water partition coefficient (Wildman–Crippen LogP) is 3.48. The summed E-state index contributed by atoms with van der Waals surface area (Å²) in [7, 11) is 0. The van der Waals surface area contributed by atoms with Crippen molar-refractivity contribution in [2.45, 2.75) is 0 Å². The van der Waals surface area contributed by atoms with E-state index >= 15 is 0 Å². The molecule has 0 aliphatic carbocycles. The number of aromatic nitrogens is 2. The van der Waals surface area contributed by atoms with Gasteiger partial charge in [-0.15, -0.1) is 0 Å². The van der Waals surface area contributed by atoms with Crippen LogP contribution < -0.4 is 5.73 Å². The summed E-state index contributed by atoms with van der Waals surface area (Å²) in [4.78, 5) is 4.17. The van der Waals surface area contributed by atoms with Crippen molar-refractivity contribution in [3.8, 4) is 28.6 Å². The topological polar surface area (TPSA) is 85.2 Å². The van der Waals surface area contributed by atoms with Gasteiger partial charge in [0.1, 0.15) is 0 Å². The van der Waals surface area contributed by atoms with Crippen LogP contribution in [0, 0.1) is 5.82 Å². The van der Waals surface area contributed by atoms with Gasteiger partial charge in [-0.05, 0) is 36.4 Å². The summed E-state index contributed by atoms with van der Waals surface area (Å²) in [5.41, 5.74) is 7.07. The number of hydrogen-bond donors (Lipinski definition) is 2. The monoisotopic (exact) mass is 305 g/mol. The van der Waals surface area contributed by atoms with E-state index in [1.807, 2.05) is 0 Å². The second-order valence-corrected chi connectivity index (χ2v) is 4.73. The Balaban J connectivity index is 1.99. The van der Waals surface area contributed by atoms with Crippen LogP contribution >= 0.6 is 11.6 Å². The maximum atomic E-state index is 13.3. The third-order valence-electron chi connectivity index (χ3n) is 2.88. The van der Waals surface area contributed by atoms with Crippen LogP contribution in [-0.2, 0) is 0 Å². The average Bonchev–Trinajstić information content (AvgIpc) is 2.94. The molecule has 3 aromatic rings. The Labute approximate surface area is 123 Å². The minimum absolute atomic E-state index is 0.205. The molecule has 3 rings (SSSR count). The van der Waals surface area contributed by atoms with E-state index in [9.17, 15) is 4.39 Å². The smallest absolute Gasteiger partial charge is 0.258 e. The SMILES string of the molecule is Nc1ccc(-c2nc(-c3ccc(O)c(F)c3)no2)cc1Cl. The van der Waals surface area contributed by atoms with Crippen LogP contribution in [0.3, 0.4) is 0 Å². The Kier molecular flexibility index (Phi) is 3.23. The quantitative estimate of drug-likeness (QED) is 0.708. The van der Waals surface area contributed by atoms with Gasteiger partial charge in [0.15, 0.2) is 11.6 Å². The Morgan fingerprint density at radius 1 is 1.14 bits per heavy atom. The first-order valence-electron chi connectivity index (χ1n) is 5.92. The molecule has 0 unspecified atom stereocenters. The van der Waals surface area contributed by atoms with Gasteiger partial charge in [-0.2, -0.15) is 4.98 Å². The summed E-state index contributed by atoms with van der Waals surface area (Å²) >= 11 is 5.93. The third kappa shape index (κ3) is 2.53. The fraction of sp³-hybridized carbons (Fsp3) is 0. The summed E-state index contributed by atoms with van der Waals surface area (Å²) in [6.45, 7) is 0. The van der Waals surface area contributed by atoms with Crippen LogP contribution in [0.25, 0.3) is 22.8 Å². The molecule has 0 aliphatic rings. The largest absolute Gasteiger partial charge is 0.505 e. The lowest BCUT2D eigenvalue weighted by molar-refractivity contribution is 0.430. The molecule has 0 saturated carbocycles. The second-order valence-electron chi connectivity index (χ2n) is 4.33. The molecule has 0 radical (unpaired) electrons. The number of benzene rings is 2. The van der Waals surface area contributed by atoms with Crippen LogP contribution in [0.5, 0.6) is 5.75 Å². The number of hydrogen-bond acceptors (Lipinski definition) is 5. The summed E-state index contributed by atoms with van der Waals surface area (Å²) < 4.78 is 18.4. The predicted molar refractivity (Wildman–Crippen MR) is 76.2 cm³/mol. The second kappa shape index (κ2) is 5.06. The zero-order valence-corrected chi connectivity index (χ0v) is 11.3. The molecule has 5 nitrogen and oxygen atoms in total. The number of nitrogens with zero attached hydrogens (tertiary/aromatic N) is 2. The first-order valence-corrected chi connectivity index (χ1v) is 6.30. The van der Waals surface area contributed by atoms with E-state index < -0.39 is 11.6 Å². The maximum absolute atomic E-state index is 13.3. The molecular weight excluding hydrogens is 297 g/mol. The number of phenols is 1.